The minimum absolute atomic E-state index is 0.0352. The summed E-state index contributed by atoms with van der Waals surface area (Å²) in [6, 6.07) is 0. The van der Waals surface area contributed by atoms with Crippen LogP contribution in [0.15, 0.2) is 11.6 Å². The van der Waals surface area contributed by atoms with Crippen LogP contribution in [-0.2, 0) is 9.53 Å². The Morgan fingerprint density at radius 3 is 1.39 bits per heavy atom. The normalized spacial score (nSPS) is 19.8. The van der Waals surface area contributed by atoms with Crippen molar-refractivity contribution in [3.63, 3.8) is 0 Å². The zero-order valence-corrected chi connectivity index (χ0v) is 19.0. The molecule has 0 fully saturated rings. The Hall–Kier alpha value is -1.98. The molecule has 1 unspecified atom stereocenters. The molecule has 0 aromatic rings. The van der Waals surface area contributed by atoms with Crippen LogP contribution in [0.25, 0.3) is 0 Å². The molecule has 2 nitrogen and oxygen atoms in total. The minimum Gasteiger partial charge on any atom is -0.455 e. The van der Waals surface area contributed by atoms with Crippen molar-refractivity contribution in [2.24, 2.45) is 5.92 Å². The number of ether oxygens (including phenoxy) is 1. The van der Waals surface area contributed by atoms with Crippen molar-refractivity contribution in [2.45, 2.75) is 93.3 Å². The second kappa shape index (κ2) is 9.30. The summed E-state index contributed by atoms with van der Waals surface area (Å²) in [7, 11) is 0. The molecule has 1 aliphatic carbocycles. The molecular formula is C19H17F17O2. The van der Waals surface area contributed by atoms with E-state index in [4.69, 9.17) is 0 Å². The van der Waals surface area contributed by atoms with E-state index >= 15 is 0 Å². The molecule has 38 heavy (non-hydrogen) atoms. The highest BCUT2D eigenvalue weighted by atomic mass is 19.4. The van der Waals surface area contributed by atoms with Crippen LogP contribution >= 0.6 is 0 Å². The predicted molar refractivity (Wildman–Crippen MR) is 92.0 cm³/mol. The van der Waals surface area contributed by atoms with E-state index < -0.39 is 65.1 Å². The van der Waals surface area contributed by atoms with E-state index in [1.807, 2.05) is 0 Å². The molecule has 19 heteroatoms. The third-order valence-corrected chi connectivity index (χ3v) is 5.96. The van der Waals surface area contributed by atoms with E-state index in [2.05, 4.69) is 4.74 Å². The fraction of sp³-hybridized carbons (Fsp3) is 0.842. The lowest BCUT2D eigenvalue weighted by Crippen LogP contribution is -2.75. The molecule has 0 bridgehead atoms. The number of rotatable bonds is 9. The number of esters is 1. The summed E-state index contributed by atoms with van der Waals surface area (Å²) < 4.78 is 231. The van der Waals surface area contributed by atoms with Crippen molar-refractivity contribution >= 4 is 5.97 Å². The Balaban J connectivity index is 3.50. The smallest absolute Gasteiger partial charge is 0.455 e. The van der Waals surface area contributed by atoms with Crippen molar-refractivity contribution in [1.29, 1.82) is 0 Å². The van der Waals surface area contributed by atoms with Crippen LogP contribution in [0.5, 0.6) is 0 Å². The average molecular weight is 600 g/mol. The molecule has 0 aliphatic heterocycles. The van der Waals surface area contributed by atoms with Gasteiger partial charge < -0.3 is 4.74 Å². The summed E-state index contributed by atoms with van der Waals surface area (Å²) in [5, 5.41) is 0. The first-order chi connectivity index (χ1) is 16.4. The van der Waals surface area contributed by atoms with Crippen LogP contribution in [-0.4, -0.2) is 59.2 Å². The molecule has 0 N–H and O–H groups in total. The quantitative estimate of drug-likeness (QED) is 0.152. The van der Waals surface area contributed by atoms with Gasteiger partial charge in [-0.05, 0) is 40.0 Å². The first kappa shape index (κ1) is 34.0. The molecule has 0 amide bonds. The van der Waals surface area contributed by atoms with Gasteiger partial charge in [0.25, 0.3) is 0 Å². The highest BCUT2D eigenvalue weighted by Crippen LogP contribution is 2.64. The molecule has 0 saturated heterocycles. The van der Waals surface area contributed by atoms with Gasteiger partial charge in [0.2, 0.25) is 0 Å². The Kier molecular flexibility index (Phi) is 8.33. The van der Waals surface area contributed by atoms with Crippen LogP contribution in [0.3, 0.4) is 0 Å². The monoisotopic (exact) mass is 600 g/mol. The lowest BCUT2D eigenvalue weighted by atomic mass is 9.79. The fourth-order valence-corrected chi connectivity index (χ4v) is 3.28. The maximum absolute atomic E-state index is 14.1. The molecule has 224 valence electrons. The van der Waals surface area contributed by atoms with Gasteiger partial charge >= 0.3 is 53.6 Å². The Labute approximate surface area is 202 Å². The third-order valence-electron chi connectivity index (χ3n) is 5.96. The summed E-state index contributed by atoms with van der Waals surface area (Å²) in [5.41, 5.74) is -1.48. The lowest BCUT2D eigenvalue weighted by molar-refractivity contribution is -0.460. The Bertz CT molecular complexity index is 930. The predicted octanol–water partition coefficient (Wildman–Crippen LogP) is 8.06. The topological polar surface area (TPSA) is 26.3 Å². The van der Waals surface area contributed by atoms with Crippen molar-refractivity contribution in [2.75, 3.05) is 0 Å². The van der Waals surface area contributed by atoms with Gasteiger partial charge in [0.15, 0.2) is 0 Å². The lowest BCUT2D eigenvalue weighted by Gasteiger charge is -2.43. The summed E-state index contributed by atoms with van der Waals surface area (Å²) in [6.45, 7) is 3.19. The molecule has 0 saturated carbocycles. The number of allylic oxidation sites excluding steroid dienone is 2. The van der Waals surface area contributed by atoms with Gasteiger partial charge in [-0.25, -0.2) is 4.79 Å². The van der Waals surface area contributed by atoms with Gasteiger partial charge in [-0.15, -0.1) is 0 Å². The van der Waals surface area contributed by atoms with Crippen LogP contribution in [0.4, 0.5) is 74.6 Å². The molecule has 0 aromatic carbocycles. The van der Waals surface area contributed by atoms with E-state index in [0.29, 0.717) is 0 Å². The summed E-state index contributed by atoms with van der Waals surface area (Å²) in [4.78, 5) is 11.7. The molecule has 0 spiro atoms. The number of carbonyl (C=O) groups excluding carboxylic acids is 1. The third kappa shape index (κ3) is 4.79. The molecule has 0 aromatic heterocycles. The summed E-state index contributed by atoms with van der Waals surface area (Å²) >= 11 is 0. The zero-order chi connectivity index (χ0) is 30.8. The molecule has 1 atom stereocenters. The van der Waals surface area contributed by atoms with Crippen LogP contribution < -0.4 is 0 Å². The van der Waals surface area contributed by atoms with Gasteiger partial charge in [0.05, 0.1) is 0 Å². The second-order valence-electron chi connectivity index (χ2n) is 9.03. The van der Waals surface area contributed by atoms with Gasteiger partial charge in [-0.2, -0.15) is 74.6 Å². The number of hydrogen-bond donors (Lipinski definition) is 0. The van der Waals surface area contributed by atoms with E-state index in [1.54, 1.807) is 6.92 Å². The van der Waals surface area contributed by atoms with Crippen molar-refractivity contribution < 1.29 is 84.2 Å². The largest absolute Gasteiger partial charge is 0.460 e. The Morgan fingerprint density at radius 2 is 1.05 bits per heavy atom. The first-order valence-electron chi connectivity index (χ1n) is 9.98. The van der Waals surface area contributed by atoms with Gasteiger partial charge in [0.1, 0.15) is 5.60 Å². The maximum atomic E-state index is 14.1. The number of hydrogen-bond acceptors (Lipinski definition) is 2. The highest BCUT2D eigenvalue weighted by molar-refractivity contribution is 5.79. The van der Waals surface area contributed by atoms with E-state index in [-0.39, 0.29) is 19.3 Å². The van der Waals surface area contributed by atoms with Crippen LogP contribution in [0.2, 0.25) is 0 Å². The zero-order valence-electron chi connectivity index (χ0n) is 19.0. The van der Waals surface area contributed by atoms with Crippen LogP contribution in [0, 0.1) is 5.92 Å². The molecular weight excluding hydrogens is 583 g/mol. The van der Waals surface area contributed by atoms with Crippen molar-refractivity contribution in [3.8, 4) is 0 Å². The Morgan fingerprint density at radius 1 is 0.684 bits per heavy atom. The average Bonchev–Trinajstić information content (AvgIpc) is 2.71. The highest BCUT2D eigenvalue weighted by Gasteiger charge is 2.96. The van der Waals surface area contributed by atoms with Gasteiger partial charge in [-0.3, -0.25) is 0 Å². The van der Waals surface area contributed by atoms with E-state index in [9.17, 15) is 79.4 Å². The molecule has 0 radical (unpaired) electrons. The molecule has 1 rings (SSSR count). The maximum Gasteiger partial charge on any atom is 0.460 e. The van der Waals surface area contributed by atoms with Crippen LogP contribution in [0.1, 0.15) is 40.0 Å². The summed E-state index contributed by atoms with van der Waals surface area (Å²) in [5.74, 6) is -62.9. The van der Waals surface area contributed by atoms with Crippen molar-refractivity contribution in [1.82, 2.24) is 0 Å². The second-order valence-corrected chi connectivity index (χ2v) is 9.03. The standard InChI is InChI=1S/C19H17F17O2/c1-8-4-6-9(7-5-8)11(2,3)38-10(37)12(20,21)13(22,23)14(24,25)15(26,27)16(28,29)17(30,31)18(32,33)19(34,35)36/h4,9H,5-7H2,1-3H3. The number of halogens is 17. The number of carbonyl (C=O) groups is 1. The molecule has 0 heterocycles. The fourth-order valence-electron chi connectivity index (χ4n) is 3.28. The molecule has 1 aliphatic rings. The number of alkyl halides is 17. The first-order valence-corrected chi connectivity index (χ1v) is 9.98. The SMILES string of the molecule is CC1=CCC(C(C)(C)OC(=O)C(F)(F)C(F)(F)C(F)(F)C(F)(F)C(F)(F)C(F)(F)C(F)(F)C(F)(F)F)CC1. The van der Waals surface area contributed by atoms with E-state index in [0.717, 1.165) is 19.4 Å². The van der Waals surface area contributed by atoms with E-state index in [1.165, 1.54) is 6.08 Å². The minimum atomic E-state index is -8.75. The van der Waals surface area contributed by atoms with Gasteiger partial charge in [0, 0.05) is 5.92 Å². The summed E-state index contributed by atoms with van der Waals surface area (Å²) in [6.07, 6.45) is -6.14. The van der Waals surface area contributed by atoms with Gasteiger partial charge in [-0.1, -0.05) is 11.6 Å². The van der Waals surface area contributed by atoms with Crippen molar-refractivity contribution in [3.05, 3.63) is 11.6 Å².